The average molecular weight is 480 g/mol. The van der Waals surface area contributed by atoms with Crippen molar-refractivity contribution in [3.63, 3.8) is 0 Å². The molecule has 0 bridgehead atoms. The van der Waals surface area contributed by atoms with Crippen molar-refractivity contribution in [2.24, 2.45) is 0 Å². The maximum atomic E-state index is 13.1. The molecule has 35 heavy (non-hydrogen) atoms. The van der Waals surface area contributed by atoms with Crippen molar-refractivity contribution in [3.8, 4) is 0 Å². The Morgan fingerprint density at radius 3 is 2.26 bits per heavy atom. The number of likely N-dealkylation sites (tertiary alicyclic amines) is 1. The number of hydrogen-bond acceptors (Lipinski definition) is 5. The average Bonchev–Trinajstić information content (AvgIpc) is 3.32. The van der Waals surface area contributed by atoms with E-state index in [1.807, 2.05) is 36.4 Å². The van der Waals surface area contributed by atoms with Gasteiger partial charge in [0.05, 0.1) is 12.6 Å². The molecule has 2 atom stereocenters. The zero-order chi connectivity index (χ0) is 25.4. The molecule has 8 nitrogen and oxygen atoms in total. The molecule has 0 aliphatic carbocycles. The molecule has 8 heteroatoms. The maximum absolute atomic E-state index is 13.1. The molecule has 1 heterocycles. The van der Waals surface area contributed by atoms with Crippen LogP contribution in [0, 0.1) is 0 Å². The molecule has 0 saturated carbocycles. The van der Waals surface area contributed by atoms with Gasteiger partial charge in [0, 0.05) is 18.5 Å². The second-order valence-corrected chi connectivity index (χ2v) is 9.59. The summed E-state index contributed by atoms with van der Waals surface area (Å²) in [5.41, 5.74) is 0.737. The van der Waals surface area contributed by atoms with Crippen molar-refractivity contribution in [3.05, 3.63) is 71.8 Å². The molecular formula is C27H33N3O5. The summed E-state index contributed by atoms with van der Waals surface area (Å²) < 4.78 is 5.40. The predicted molar refractivity (Wildman–Crippen MR) is 132 cm³/mol. The summed E-state index contributed by atoms with van der Waals surface area (Å²) in [7, 11) is 0. The van der Waals surface area contributed by atoms with E-state index in [0.29, 0.717) is 31.4 Å². The second kappa shape index (κ2) is 11.6. The summed E-state index contributed by atoms with van der Waals surface area (Å²) in [4.78, 5) is 52.4. The standard InChI is InChI=1S/C27H33N3O5/c1-27(2,3)35-26(34)30-16-10-15-22(30)25(33)28-18-23(31)29-21(17-19-11-6-4-7-12-19)24(32)20-13-8-5-9-14-20/h4-9,11-14,21-22H,10,15-18H2,1-3H3,(H,28,33)(H,29,31). The Morgan fingerprint density at radius 2 is 1.63 bits per heavy atom. The third-order valence-corrected chi connectivity index (χ3v) is 5.60. The summed E-state index contributed by atoms with van der Waals surface area (Å²) in [6.45, 7) is 5.42. The fourth-order valence-electron chi connectivity index (χ4n) is 3.97. The first-order chi connectivity index (χ1) is 16.6. The molecule has 0 spiro atoms. The molecule has 1 saturated heterocycles. The van der Waals surface area contributed by atoms with Gasteiger partial charge < -0.3 is 15.4 Å². The van der Waals surface area contributed by atoms with Gasteiger partial charge in [0.1, 0.15) is 11.6 Å². The van der Waals surface area contributed by atoms with Crippen LogP contribution in [0.3, 0.4) is 0 Å². The molecular weight excluding hydrogens is 446 g/mol. The molecule has 186 valence electrons. The molecule has 2 unspecified atom stereocenters. The van der Waals surface area contributed by atoms with Crippen LogP contribution in [-0.2, 0) is 20.7 Å². The van der Waals surface area contributed by atoms with Crippen LogP contribution in [0.5, 0.6) is 0 Å². The quantitative estimate of drug-likeness (QED) is 0.566. The predicted octanol–water partition coefficient (Wildman–Crippen LogP) is 3.11. The van der Waals surface area contributed by atoms with E-state index >= 15 is 0 Å². The molecule has 2 N–H and O–H groups in total. The first kappa shape index (κ1) is 25.9. The number of ether oxygens (including phenoxy) is 1. The number of carbonyl (C=O) groups is 4. The van der Waals surface area contributed by atoms with Gasteiger partial charge in [-0.1, -0.05) is 60.7 Å². The van der Waals surface area contributed by atoms with Crippen molar-refractivity contribution in [2.45, 2.75) is 57.7 Å². The Bertz CT molecular complexity index is 1030. The van der Waals surface area contributed by atoms with Gasteiger partial charge in [0.25, 0.3) is 0 Å². The molecule has 1 aliphatic heterocycles. The highest BCUT2D eigenvalue weighted by Gasteiger charge is 2.36. The topological polar surface area (TPSA) is 105 Å². The normalized spacial score (nSPS) is 16.3. The maximum Gasteiger partial charge on any atom is 0.410 e. The second-order valence-electron chi connectivity index (χ2n) is 9.59. The lowest BCUT2D eigenvalue weighted by molar-refractivity contribution is -0.129. The van der Waals surface area contributed by atoms with E-state index in [-0.39, 0.29) is 12.3 Å². The lowest BCUT2D eigenvalue weighted by Crippen LogP contribution is -2.51. The highest BCUT2D eigenvalue weighted by molar-refractivity contribution is 6.02. The Labute approximate surface area is 206 Å². The number of rotatable bonds is 8. The minimum atomic E-state index is -0.783. The number of hydrogen-bond donors (Lipinski definition) is 2. The summed E-state index contributed by atoms with van der Waals surface area (Å²) >= 11 is 0. The van der Waals surface area contributed by atoms with Crippen molar-refractivity contribution in [1.29, 1.82) is 0 Å². The number of nitrogens with one attached hydrogen (secondary N) is 2. The molecule has 2 aromatic rings. The minimum Gasteiger partial charge on any atom is -0.444 e. The number of nitrogens with zero attached hydrogens (tertiary/aromatic N) is 1. The van der Waals surface area contributed by atoms with Crippen LogP contribution in [0.4, 0.5) is 4.79 Å². The highest BCUT2D eigenvalue weighted by Crippen LogP contribution is 2.21. The number of carbonyl (C=O) groups excluding carboxylic acids is 4. The van der Waals surface area contributed by atoms with Crippen LogP contribution < -0.4 is 10.6 Å². The summed E-state index contributed by atoms with van der Waals surface area (Å²) in [6, 6.07) is 16.7. The molecule has 2 aromatic carbocycles. The van der Waals surface area contributed by atoms with Crippen LogP contribution in [0.25, 0.3) is 0 Å². The summed E-state index contributed by atoms with van der Waals surface area (Å²) in [5.74, 6) is -1.11. The first-order valence-corrected chi connectivity index (χ1v) is 11.8. The number of amides is 3. The van der Waals surface area contributed by atoms with E-state index in [9.17, 15) is 19.2 Å². The van der Waals surface area contributed by atoms with Crippen molar-refractivity contribution in [2.75, 3.05) is 13.1 Å². The molecule has 1 aliphatic rings. The Kier molecular flexibility index (Phi) is 8.63. The van der Waals surface area contributed by atoms with E-state index < -0.39 is 35.6 Å². The van der Waals surface area contributed by atoms with Gasteiger partial charge in [-0.3, -0.25) is 19.3 Å². The van der Waals surface area contributed by atoms with E-state index in [1.165, 1.54) is 4.90 Å². The molecule has 0 radical (unpaired) electrons. The largest absolute Gasteiger partial charge is 0.444 e. The number of ketones is 1. The van der Waals surface area contributed by atoms with E-state index in [1.54, 1.807) is 45.0 Å². The van der Waals surface area contributed by atoms with Crippen molar-refractivity contribution < 1.29 is 23.9 Å². The highest BCUT2D eigenvalue weighted by atomic mass is 16.6. The van der Waals surface area contributed by atoms with Gasteiger partial charge in [0.2, 0.25) is 11.8 Å². The Balaban J connectivity index is 1.61. The Morgan fingerprint density at radius 1 is 1.00 bits per heavy atom. The fraction of sp³-hybridized carbons (Fsp3) is 0.407. The van der Waals surface area contributed by atoms with E-state index in [0.717, 1.165) is 5.56 Å². The SMILES string of the molecule is CC(C)(C)OC(=O)N1CCCC1C(=O)NCC(=O)NC(Cc1ccccc1)C(=O)c1ccccc1. The van der Waals surface area contributed by atoms with Gasteiger partial charge in [0.15, 0.2) is 5.78 Å². The van der Waals surface area contributed by atoms with Gasteiger partial charge >= 0.3 is 6.09 Å². The van der Waals surface area contributed by atoms with Crippen LogP contribution in [-0.4, -0.2) is 59.4 Å². The van der Waals surface area contributed by atoms with Gasteiger partial charge in [-0.25, -0.2) is 4.79 Å². The third kappa shape index (κ3) is 7.67. The Hall–Kier alpha value is -3.68. The van der Waals surface area contributed by atoms with Crippen LogP contribution in [0.2, 0.25) is 0 Å². The van der Waals surface area contributed by atoms with Crippen molar-refractivity contribution in [1.82, 2.24) is 15.5 Å². The van der Waals surface area contributed by atoms with Crippen LogP contribution >= 0.6 is 0 Å². The summed E-state index contributed by atoms with van der Waals surface area (Å²) in [5, 5.41) is 5.37. The fourth-order valence-corrected chi connectivity index (χ4v) is 3.97. The molecule has 3 rings (SSSR count). The smallest absolute Gasteiger partial charge is 0.410 e. The third-order valence-electron chi connectivity index (χ3n) is 5.60. The van der Waals surface area contributed by atoms with E-state index in [2.05, 4.69) is 10.6 Å². The van der Waals surface area contributed by atoms with Gasteiger partial charge in [-0.2, -0.15) is 0 Å². The zero-order valence-electron chi connectivity index (χ0n) is 20.5. The van der Waals surface area contributed by atoms with Gasteiger partial charge in [-0.15, -0.1) is 0 Å². The molecule has 1 fully saturated rings. The minimum absolute atomic E-state index is 0.207. The first-order valence-electron chi connectivity index (χ1n) is 11.8. The van der Waals surface area contributed by atoms with Crippen LogP contribution in [0.1, 0.15) is 49.5 Å². The molecule has 0 aromatic heterocycles. The number of benzene rings is 2. The molecule has 3 amide bonds. The zero-order valence-corrected chi connectivity index (χ0v) is 20.5. The summed E-state index contributed by atoms with van der Waals surface area (Å²) in [6.07, 6.45) is 0.948. The van der Waals surface area contributed by atoms with E-state index in [4.69, 9.17) is 4.74 Å². The number of Topliss-reactive ketones (excluding diaryl/α,β-unsaturated/α-hetero) is 1. The van der Waals surface area contributed by atoms with Gasteiger partial charge in [-0.05, 0) is 39.2 Å². The van der Waals surface area contributed by atoms with Crippen LogP contribution in [0.15, 0.2) is 60.7 Å². The van der Waals surface area contributed by atoms with Crippen molar-refractivity contribution >= 4 is 23.7 Å². The lowest BCUT2D eigenvalue weighted by atomic mass is 9.97. The monoisotopic (exact) mass is 479 g/mol. The lowest BCUT2D eigenvalue weighted by Gasteiger charge is -2.28.